The molecular weight excluding hydrogens is 132 g/mol. The molecule has 0 rings (SSSR count). The molecule has 4 heteroatoms. The molecule has 0 amide bonds. The Kier molecular flexibility index (Phi) is 4.32. The van der Waals surface area contributed by atoms with Crippen molar-refractivity contribution >= 4 is 5.97 Å². The van der Waals surface area contributed by atoms with E-state index >= 15 is 0 Å². The van der Waals surface area contributed by atoms with Crippen LogP contribution in [0.2, 0.25) is 0 Å². The lowest BCUT2D eigenvalue weighted by atomic mass is 10.5. The molecule has 0 aliphatic carbocycles. The fourth-order valence-corrected chi connectivity index (χ4v) is 0.327. The zero-order valence-electron chi connectivity index (χ0n) is 6.23. The molecule has 0 spiro atoms. The van der Waals surface area contributed by atoms with Gasteiger partial charge in [0.2, 0.25) is 0 Å². The van der Waals surface area contributed by atoms with Gasteiger partial charge in [0.15, 0.2) is 0 Å². The Balaban J connectivity index is 3.52. The van der Waals surface area contributed by atoms with Gasteiger partial charge >= 0.3 is 5.97 Å². The van der Waals surface area contributed by atoms with E-state index in [0.29, 0.717) is 0 Å². The van der Waals surface area contributed by atoms with Gasteiger partial charge in [-0.2, -0.15) is 0 Å². The molecule has 0 heterocycles. The molecule has 0 bridgehead atoms. The molecule has 0 unspecified atom stereocenters. The lowest BCUT2D eigenvalue weighted by Gasteiger charge is -2.04. The highest BCUT2D eigenvalue weighted by molar-refractivity contribution is 5.86. The van der Waals surface area contributed by atoms with E-state index in [0.717, 1.165) is 0 Å². The largest absolute Gasteiger partial charge is 0.445 e. The zero-order valence-corrected chi connectivity index (χ0v) is 6.23. The van der Waals surface area contributed by atoms with E-state index in [1.165, 1.54) is 0 Å². The normalized spacial score (nSPS) is 8.60. The van der Waals surface area contributed by atoms with Crippen LogP contribution >= 0.6 is 0 Å². The molecule has 0 fully saturated rings. The van der Waals surface area contributed by atoms with Crippen molar-refractivity contribution < 1.29 is 9.53 Å². The first kappa shape index (κ1) is 8.97. The second-order valence-electron chi connectivity index (χ2n) is 1.66. The van der Waals surface area contributed by atoms with E-state index < -0.39 is 5.97 Å². The van der Waals surface area contributed by atoms with Crippen LogP contribution in [0.15, 0.2) is 12.3 Å². The second kappa shape index (κ2) is 4.81. The summed E-state index contributed by atoms with van der Waals surface area (Å²) in [5, 5.41) is 5.24. The summed E-state index contributed by atoms with van der Waals surface area (Å²) in [5.74, 6) is -0.433. The predicted molar refractivity (Wildman–Crippen MR) is 38.2 cm³/mol. The van der Waals surface area contributed by atoms with Gasteiger partial charge in [0.1, 0.15) is 12.4 Å². The molecule has 0 atom stereocenters. The van der Waals surface area contributed by atoms with E-state index in [1.807, 2.05) is 0 Å². The first-order chi connectivity index (χ1) is 4.72. The Morgan fingerprint density at radius 2 is 2.20 bits per heavy atom. The van der Waals surface area contributed by atoms with E-state index in [2.05, 4.69) is 21.9 Å². The van der Waals surface area contributed by atoms with Crippen LogP contribution in [0.3, 0.4) is 0 Å². The van der Waals surface area contributed by atoms with Gasteiger partial charge in [0.25, 0.3) is 0 Å². The Morgan fingerprint density at radius 1 is 1.60 bits per heavy atom. The standard InChI is InChI=1S/C6H12N2O2/c1-5(8-3)6(9)10-4-7-2/h7-8H,1,4H2,2-3H3. The van der Waals surface area contributed by atoms with Crippen LogP contribution in [-0.2, 0) is 9.53 Å². The van der Waals surface area contributed by atoms with Crippen LogP contribution in [0.25, 0.3) is 0 Å². The minimum Gasteiger partial charge on any atom is -0.445 e. The topological polar surface area (TPSA) is 50.4 Å². The van der Waals surface area contributed by atoms with Crippen molar-refractivity contribution in [1.82, 2.24) is 10.6 Å². The molecule has 58 valence electrons. The van der Waals surface area contributed by atoms with Crippen LogP contribution in [0.1, 0.15) is 0 Å². The van der Waals surface area contributed by atoms with Gasteiger partial charge in [-0.3, -0.25) is 5.32 Å². The van der Waals surface area contributed by atoms with E-state index in [9.17, 15) is 4.79 Å². The van der Waals surface area contributed by atoms with Crippen LogP contribution in [-0.4, -0.2) is 26.8 Å². The van der Waals surface area contributed by atoms with E-state index in [-0.39, 0.29) is 12.4 Å². The van der Waals surface area contributed by atoms with Crippen molar-refractivity contribution in [2.45, 2.75) is 0 Å². The van der Waals surface area contributed by atoms with Crippen molar-refractivity contribution in [2.75, 3.05) is 20.8 Å². The molecule has 0 aromatic carbocycles. The maximum absolute atomic E-state index is 10.7. The average Bonchev–Trinajstić information content (AvgIpc) is 1.98. The molecule has 0 radical (unpaired) electrons. The first-order valence-corrected chi connectivity index (χ1v) is 2.90. The summed E-state index contributed by atoms with van der Waals surface area (Å²) in [4.78, 5) is 10.7. The molecule has 0 saturated heterocycles. The SMILES string of the molecule is C=C(NC)C(=O)OCNC. The number of nitrogens with one attached hydrogen (secondary N) is 2. The van der Waals surface area contributed by atoms with Crippen molar-refractivity contribution in [1.29, 1.82) is 0 Å². The van der Waals surface area contributed by atoms with Crippen LogP contribution in [0, 0.1) is 0 Å². The molecular formula is C6H12N2O2. The van der Waals surface area contributed by atoms with Crippen molar-refractivity contribution in [3.05, 3.63) is 12.3 Å². The van der Waals surface area contributed by atoms with Crippen LogP contribution < -0.4 is 10.6 Å². The second-order valence-corrected chi connectivity index (χ2v) is 1.66. The van der Waals surface area contributed by atoms with E-state index in [1.54, 1.807) is 14.1 Å². The van der Waals surface area contributed by atoms with Gasteiger partial charge in [-0.05, 0) is 7.05 Å². The molecule has 2 N–H and O–H groups in total. The number of esters is 1. The quantitative estimate of drug-likeness (QED) is 0.315. The molecule has 0 aromatic rings. The molecule has 10 heavy (non-hydrogen) atoms. The number of likely N-dealkylation sites (N-methyl/N-ethyl adjacent to an activating group) is 1. The number of hydrogen-bond acceptors (Lipinski definition) is 4. The summed E-state index contributed by atoms with van der Waals surface area (Å²) < 4.78 is 4.63. The van der Waals surface area contributed by atoms with Gasteiger partial charge < -0.3 is 10.1 Å². The highest BCUT2D eigenvalue weighted by Crippen LogP contribution is 1.85. The van der Waals surface area contributed by atoms with Gasteiger partial charge in [-0.25, -0.2) is 4.79 Å². The number of rotatable bonds is 4. The third-order valence-electron chi connectivity index (χ3n) is 0.896. The fraction of sp³-hybridized carbons (Fsp3) is 0.500. The molecule has 0 saturated carbocycles. The molecule has 0 aliphatic rings. The summed E-state index contributed by atoms with van der Waals surface area (Å²) in [6.45, 7) is 3.62. The summed E-state index contributed by atoms with van der Waals surface area (Å²) >= 11 is 0. The number of hydrogen-bond donors (Lipinski definition) is 2. The van der Waals surface area contributed by atoms with Crippen molar-refractivity contribution in [3.8, 4) is 0 Å². The zero-order chi connectivity index (χ0) is 7.98. The maximum atomic E-state index is 10.7. The highest BCUT2D eigenvalue weighted by Gasteiger charge is 2.03. The fourth-order valence-electron chi connectivity index (χ4n) is 0.327. The third-order valence-corrected chi connectivity index (χ3v) is 0.896. The van der Waals surface area contributed by atoms with Gasteiger partial charge in [-0.15, -0.1) is 0 Å². The summed E-state index contributed by atoms with van der Waals surface area (Å²) in [7, 11) is 3.30. The highest BCUT2D eigenvalue weighted by atomic mass is 16.5. The van der Waals surface area contributed by atoms with Gasteiger partial charge in [0, 0.05) is 7.05 Å². The number of ether oxygens (including phenoxy) is 1. The van der Waals surface area contributed by atoms with Gasteiger partial charge in [0.05, 0.1) is 0 Å². The van der Waals surface area contributed by atoms with Gasteiger partial charge in [-0.1, -0.05) is 6.58 Å². The van der Waals surface area contributed by atoms with E-state index in [4.69, 9.17) is 0 Å². The summed E-state index contributed by atoms with van der Waals surface area (Å²) in [6.07, 6.45) is 0. The predicted octanol–water partition coefficient (Wildman–Crippen LogP) is -0.560. The third kappa shape index (κ3) is 3.09. The Labute approximate surface area is 60.2 Å². The van der Waals surface area contributed by atoms with Crippen molar-refractivity contribution in [3.63, 3.8) is 0 Å². The molecule has 0 aromatic heterocycles. The molecule has 4 nitrogen and oxygen atoms in total. The lowest BCUT2D eigenvalue weighted by molar-refractivity contribution is -0.139. The maximum Gasteiger partial charge on any atom is 0.355 e. The minimum atomic E-state index is -0.433. The number of carbonyl (C=O) groups excluding carboxylic acids is 1. The Bertz CT molecular complexity index is 134. The average molecular weight is 144 g/mol. The smallest absolute Gasteiger partial charge is 0.355 e. The van der Waals surface area contributed by atoms with Crippen LogP contribution in [0.5, 0.6) is 0 Å². The minimum absolute atomic E-state index is 0.208. The summed E-state index contributed by atoms with van der Waals surface area (Å²) in [6, 6.07) is 0. The summed E-state index contributed by atoms with van der Waals surface area (Å²) in [5.41, 5.74) is 0.259. The Morgan fingerprint density at radius 3 is 2.60 bits per heavy atom. The van der Waals surface area contributed by atoms with Crippen molar-refractivity contribution in [2.24, 2.45) is 0 Å². The Hall–Kier alpha value is -1.03. The first-order valence-electron chi connectivity index (χ1n) is 2.90. The molecule has 0 aliphatic heterocycles. The van der Waals surface area contributed by atoms with Crippen LogP contribution in [0.4, 0.5) is 0 Å². The lowest BCUT2D eigenvalue weighted by Crippen LogP contribution is -2.22. The number of carbonyl (C=O) groups is 1. The monoisotopic (exact) mass is 144 g/mol.